The van der Waals surface area contributed by atoms with Crippen LogP contribution in [0.4, 0.5) is 16.2 Å². The largest absolute Gasteiger partial charge is 0.392 e. The highest BCUT2D eigenvalue weighted by Gasteiger charge is 2.47. The van der Waals surface area contributed by atoms with Gasteiger partial charge in [-0.2, -0.15) is 4.98 Å². The van der Waals surface area contributed by atoms with Crippen LogP contribution in [-0.4, -0.2) is 27.2 Å². The number of aromatic nitrogens is 2. The lowest BCUT2D eigenvalue weighted by Gasteiger charge is -2.49. The quantitative estimate of drug-likeness (QED) is 0.693. The van der Waals surface area contributed by atoms with Crippen LogP contribution in [0, 0.1) is 11.2 Å². The minimum Gasteiger partial charge on any atom is -0.392 e. The maximum absolute atomic E-state index is 13.3. The van der Waals surface area contributed by atoms with E-state index in [4.69, 9.17) is 5.73 Å². The summed E-state index contributed by atoms with van der Waals surface area (Å²) in [6, 6.07) is -0.00806. The van der Waals surface area contributed by atoms with Gasteiger partial charge in [0, 0.05) is 11.5 Å². The molecule has 0 amide bonds. The summed E-state index contributed by atoms with van der Waals surface area (Å²) in [4.78, 5) is 7.33. The fourth-order valence-electron chi connectivity index (χ4n) is 1.79. The van der Waals surface area contributed by atoms with Crippen LogP contribution in [0.3, 0.4) is 0 Å². The molecule has 5 nitrogen and oxygen atoms in total. The Balaban J connectivity index is 2.13. The molecule has 0 radical (unpaired) electrons. The topological polar surface area (TPSA) is 84.1 Å². The number of rotatable bonds is 2. The summed E-state index contributed by atoms with van der Waals surface area (Å²) >= 11 is 0. The van der Waals surface area contributed by atoms with Crippen LogP contribution in [0.25, 0.3) is 0 Å². The molecule has 88 valence electrons. The van der Waals surface area contributed by atoms with Crippen LogP contribution in [0.1, 0.15) is 20.3 Å². The molecule has 1 aliphatic rings. The van der Waals surface area contributed by atoms with Crippen LogP contribution in [0.5, 0.6) is 0 Å². The first kappa shape index (κ1) is 11.1. The summed E-state index contributed by atoms with van der Waals surface area (Å²) in [6.07, 6.45) is 1.25. The van der Waals surface area contributed by atoms with E-state index in [0.29, 0.717) is 6.42 Å². The van der Waals surface area contributed by atoms with Crippen molar-refractivity contribution in [2.45, 2.75) is 32.4 Å². The molecule has 0 aliphatic heterocycles. The van der Waals surface area contributed by atoms with Gasteiger partial charge in [0.15, 0.2) is 11.6 Å². The first-order valence-electron chi connectivity index (χ1n) is 5.14. The third-order valence-electron chi connectivity index (χ3n) is 3.29. The standard InChI is InChI=1S/C10H15FN4O/c1-10(2)6(3-7(10)16)14-8-5(11)4-13-9(12)15-8/h4,6-7,16H,3H2,1-2H3,(H3,12,13,14,15). The Hall–Kier alpha value is -1.43. The van der Waals surface area contributed by atoms with E-state index in [1.54, 1.807) is 0 Å². The molecular formula is C10H15FN4O. The van der Waals surface area contributed by atoms with Crippen LogP contribution in [-0.2, 0) is 0 Å². The average molecular weight is 226 g/mol. The van der Waals surface area contributed by atoms with Crippen molar-refractivity contribution in [3.05, 3.63) is 12.0 Å². The highest BCUT2D eigenvalue weighted by atomic mass is 19.1. The fraction of sp³-hybridized carbons (Fsp3) is 0.600. The van der Waals surface area contributed by atoms with Gasteiger partial charge in [-0.1, -0.05) is 13.8 Å². The van der Waals surface area contributed by atoms with Crippen molar-refractivity contribution in [3.8, 4) is 0 Å². The molecule has 4 N–H and O–H groups in total. The van der Waals surface area contributed by atoms with Crippen molar-refractivity contribution in [2.75, 3.05) is 11.1 Å². The maximum atomic E-state index is 13.3. The number of nitrogens with one attached hydrogen (secondary N) is 1. The Morgan fingerprint density at radius 2 is 2.31 bits per heavy atom. The highest BCUT2D eigenvalue weighted by Crippen LogP contribution is 2.42. The lowest BCUT2D eigenvalue weighted by atomic mass is 9.64. The first-order chi connectivity index (χ1) is 7.41. The Morgan fingerprint density at radius 3 is 2.88 bits per heavy atom. The third-order valence-corrected chi connectivity index (χ3v) is 3.29. The molecule has 0 saturated heterocycles. The van der Waals surface area contributed by atoms with E-state index in [1.807, 2.05) is 13.8 Å². The summed E-state index contributed by atoms with van der Waals surface area (Å²) < 4.78 is 13.3. The van der Waals surface area contributed by atoms with Gasteiger partial charge in [-0.3, -0.25) is 0 Å². The zero-order valence-electron chi connectivity index (χ0n) is 9.24. The van der Waals surface area contributed by atoms with Gasteiger partial charge in [0.25, 0.3) is 0 Å². The van der Waals surface area contributed by atoms with Gasteiger partial charge in [0.05, 0.1) is 12.3 Å². The van der Waals surface area contributed by atoms with Crippen molar-refractivity contribution in [3.63, 3.8) is 0 Å². The molecule has 1 heterocycles. The number of hydrogen-bond donors (Lipinski definition) is 3. The Bertz CT molecular complexity index is 410. The highest BCUT2D eigenvalue weighted by molar-refractivity contribution is 5.41. The summed E-state index contributed by atoms with van der Waals surface area (Å²) in [5.74, 6) is -0.412. The SMILES string of the molecule is CC1(C)C(O)CC1Nc1nc(N)ncc1F. The second-order valence-electron chi connectivity index (χ2n) is 4.69. The van der Waals surface area contributed by atoms with Crippen LogP contribution in [0.2, 0.25) is 0 Å². The second kappa shape index (κ2) is 3.55. The Labute approximate surface area is 92.9 Å². The monoisotopic (exact) mass is 226 g/mol. The van der Waals surface area contributed by atoms with E-state index >= 15 is 0 Å². The number of hydrogen-bond acceptors (Lipinski definition) is 5. The summed E-state index contributed by atoms with van der Waals surface area (Å²) in [7, 11) is 0. The molecule has 1 aliphatic carbocycles. The van der Waals surface area contributed by atoms with E-state index in [1.165, 1.54) is 0 Å². The summed E-state index contributed by atoms with van der Waals surface area (Å²) in [5, 5.41) is 12.5. The number of nitrogen functional groups attached to an aromatic ring is 1. The normalized spacial score (nSPS) is 27.2. The van der Waals surface area contributed by atoms with Gasteiger partial charge in [0.2, 0.25) is 5.95 Å². The van der Waals surface area contributed by atoms with Crippen molar-refractivity contribution >= 4 is 11.8 Å². The molecular weight excluding hydrogens is 211 g/mol. The molecule has 0 aromatic carbocycles. The van der Waals surface area contributed by atoms with Crippen LogP contribution >= 0.6 is 0 Å². The van der Waals surface area contributed by atoms with Gasteiger partial charge >= 0.3 is 0 Å². The number of nitrogens with zero attached hydrogens (tertiary/aromatic N) is 2. The minimum absolute atomic E-state index is 0.00806. The number of nitrogens with two attached hydrogens (primary N) is 1. The fourth-order valence-corrected chi connectivity index (χ4v) is 1.79. The predicted molar refractivity (Wildman–Crippen MR) is 58.2 cm³/mol. The zero-order valence-corrected chi connectivity index (χ0v) is 9.24. The first-order valence-corrected chi connectivity index (χ1v) is 5.14. The van der Waals surface area contributed by atoms with Crippen molar-refractivity contribution in [1.29, 1.82) is 0 Å². The molecule has 0 bridgehead atoms. The van der Waals surface area contributed by atoms with E-state index in [9.17, 15) is 9.50 Å². The van der Waals surface area contributed by atoms with Crippen LogP contribution < -0.4 is 11.1 Å². The van der Waals surface area contributed by atoms with Crippen LogP contribution in [0.15, 0.2) is 6.20 Å². The number of aliphatic hydroxyl groups excluding tert-OH is 1. The zero-order chi connectivity index (χ0) is 11.9. The van der Waals surface area contributed by atoms with Gasteiger partial charge in [0.1, 0.15) is 0 Å². The molecule has 16 heavy (non-hydrogen) atoms. The van der Waals surface area contributed by atoms with Gasteiger partial charge in [-0.15, -0.1) is 0 Å². The Morgan fingerprint density at radius 1 is 1.62 bits per heavy atom. The molecule has 1 aromatic heterocycles. The van der Waals surface area contributed by atoms with Gasteiger partial charge in [-0.25, -0.2) is 9.37 Å². The summed E-state index contributed by atoms with van der Waals surface area (Å²) in [6.45, 7) is 3.84. The lowest BCUT2D eigenvalue weighted by molar-refractivity contribution is -0.0512. The van der Waals surface area contributed by atoms with E-state index in [0.717, 1.165) is 6.20 Å². The second-order valence-corrected chi connectivity index (χ2v) is 4.69. The number of halogens is 1. The maximum Gasteiger partial charge on any atom is 0.222 e. The molecule has 2 atom stereocenters. The number of anilines is 2. The Kier molecular flexibility index (Phi) is 2.46. The summed E-state index contributed by atoms with van der Waals surface area (Å²) in [5.41, 5.74) is 5.09. The van der Waals surface area contributed by atoms with Crippen molar-refractivity contribution in [2.24, 2.45) is 5.41 Å². The van der Waals surface area contributed by atoms with E-state index in [2.05, 4.69) is 15.3 Å². The molecule has 2 rings (SSSR count). The minimum atomic E-state index is -0.536. The predicted octanol–water partition coefficient (Wildman–Crippen LogP) is 0.769. The molecule has 1 saturated carbocycles. The van der Waals surface area contributed by atoms with Crippen molar-refractivity contribution < 1.29 is 9.50 Å². The molecule has 0 spiro atoms. The molecule has 6 heteroatoms. The van der Waals surface area contributed by atoms with E-state index in [-0.39, 0.29) is 29.3 Å². The van der Waals surface area contributed by atoms with Gasteiger partial charge in [-0.05, 0) is 6.42 Å². The lowest BCUT2D eigenvalue weighted by Crippen LogP contribution is -2.57. The third kappa shape index (κ3) is 1.69. The van der Waals surface area contributed by atoms with E-state index < -0.39 is 5.82 Å². The molecule has 2 unspecified atom stereocenters. The van der Waals surface area contributed by atoms with Crippen molar-refractivity contribution in [1.82, 2.24) is 9.97 Å². The molecule has 1 aromatic rings. The molecule has 1 fully saturated rings. The number of aliphatic hydroxyl groups is 1. The van der Waals surface area contributed by atoms with Gasteiger partial charge < -0.3 is 16.2 Å². The average Bonchev–Trinajstić information content (AvgIpc) is 2.23. The smallest absolute Gasteiger partial charge is 0.222 e.